The second-order valence-electron chi connectivity index (χ2n) is 20.5. The van der Waals surface area contributed by atoms with Gasteiger partial charge in [0.1, 0.15) is 38.3 Å². The number of ether oxygens (including phenoxy) is 7. The van der Waals surface area contributed by atoms with Crippen molar-refractivity contribution in [3.05, 3.63) is 23.0 Å². The third-order valence-electron chi connectivity index (χ3n) is 13.5. The van der Waals surface area contributed by atoms with Crippen molar-refractivity contribution in [1.82, 2.24) is 0 Å². The summed E-state index contributed by atoms with van der Waals surface area (Å²) >= 11 is 0. The van der Waals surface area contributed by atoms with E-state index in [1.54, 1.807) is 0 Å². The minimum Gasteiger partial charge on any atom is -0.494 e. The van der Waals surface area contributed by atoms with Crippen LogP contribution >= 0.6 is 0 Å². The van der Waals surface area contributed by atoms with Crippen molar-refractivity contribution in [2.24, 2.45) is 0 Å². The molecule has 69 heavy (non-hydrogen) atoms. The van der Waals surface area contributed by atoms with Crippen LogP contribution in [0.2, 0.25) is 0 Å². The topological polar surface area (TPSA) is 64.6 Å². The third-order valence-corrected chi connectivity index (χ3v) is 13.5. The normalized spacial score (nSPS) is 12.4. The van der Waals surface area contributed by atoms with Crippen LogP contribution in [0.25, 0.3) is 0 Å². The van der Waals surface area contributed by atoms with Gasteiger partial charge in [0.15, 0.2) is 11.5 Å². The molecule has 412 valence electrons. The molecule has 0 unspecified atom stereocenters. The fourth-order valence-corrected chi connectivity index (χ4v) is 8.91. The molecular weight excluding hydrogens is 857 g/mol. The Balaban J connectivity index is 5.62. The maximum atomic E-state index is 6.58. The third kappa shape index (κ3) is 49.9. The van der Waals surface area contributed by atoms with Crippen LogP contribution in [0, 0.1) is 0 Å². The molecule has 0 atom stereocenters. The van der Waals surface area contributed by atoms with Crippen molar-refractivity contribution in [3.8, 4) is 0 Å². The van der Waals surface area contributed by atoms with Gasteiger partial charge in [-0.15, -0.1) is 0 Å². The molecule has 0 rings (SSSR count). The van der Waals surface area contributed by atoms with E-state index in [-0.39, 0.29) is 13.6 Å². The van der Waals surface area contributed by atoms with Crippen molar-refractivity contribution in [3.63, 3.8) is 0 Å². The quantitative estimate of drug-likeness (QED) is 0.0342. The van der Waals surface area contributed by atoms with Crippen LogP contribution in [0.5, 0.6) is 0 Å². The first-order valence-corrected chi connectivity index (χ1v) is 30.9. The zero-order valence-corrected chi connectivity index (χ0v) is 47.6. The molecule has 0 saturated heterocycles. The summed E-state index contributed by atoms with van der Waals surface area (Å²) in [6.07, 6.45) is 55.4. The van der Waals surface area contributed by atoms with Gasteiger partial charge in [0.2, 0.25) is 0 Å². The maximum Gasteiger partial charge on any atom is 0.159 e. The first-order chi connectivity index (χ1) is 34.2. The summed E-state index contributed by atoms with van der Waals surface area (Å²) in [7, 11) is 0. The Morgan fingerprint density at radius 3 is 0.652 bits per heavy atom. The van der Waals surface area contributed by atoms with Gasteiger partial charge in [0, 0.05) is 12.8 Å². The minimum absolute atomic E-state index is 0.128. The minimum atomic E-state index is 0.128. The second-order valence-corrected chi connectivity index (χ2v) is 20.5. The van der Waals surface area contributed by atoms with Gasteiger partial charge >= 0.3 is 0 Å². The molecule has 7 heteroatoms. The Hall–Kier alpha value is -1.44. The van der Waals surface area contributed by atoms with Gasteiger partial charge in [-0.3, -0.25) is 0 Å². The highest BCUT2D eigenvalue weighted by Gasteiger charge is 2.14. The number of hydrogen-bond acceptors (Lipinski definition) is 7. The van der Waals surface area contributed by atoms with E-state index in [1.807, 2.05) is 0 Å². The molecule has 7 nitrogen and oxygen atoms in total. The summed E-state index contributed by atoms with van der Waals surface area (Å²) < 4.78 is 44.6. The van der Waals surface area contributed by atoms with Crippen LogP contribution in [0.15, 0.2) is 23.0 Å². The highest BCUT2D eigenvalue weighted by molar-refractivity contribution is 5.03. The molecule has 0 heterocycles. The van der Waals surface area contributed by atoms with Crippen LogP contribution in [0.4, 0.5) is 0 Å². The number of rotatable bonds is 60. The largest absolute Gasteiger partial charge is 0.494 e. The van der Waals surface area contributed by atoms with Crippen LogP contribution in [-0.4, -0.2) is 53.2 Å². The summed E-state index contributed by atoms with van der Waals surface area (Å²) in [6.45, 7) is 17.5. The molecule has 0 bridgehead atoms. The summed E-state index contributed by atoms with van der Waals surface area (Å²) in [6, 6.07) is 0. The lowest BCUT2D eigenvalue weighted by molar-refractivity contribution is -0.132. The van der Waals surface area contributed by atoms with E-state index in [1.165, 1.54) is 231 Å². The smallest absolute Gasteiger partial charge is 0.159 e. The monoisotopic (exact) mass is 979 g/mol. The molecule has 0 spiro atoms. The Morgan fingerprint density at radius 1 is 0.203 bits per heavy atom. The highest BCUT2D eigenvalue weighted by atomic mass is 16.7. The number of unbranched alkanes of at least 4 members (excludes halogenated alkanes) is 36. The molecule has 0 amide bonds. The summed E-state index contributed by atoms with van der Waals surface area (Å²) in [5, 5.41) is 0. The molecule has 0 N–H and O–H groups in total. The van der Waals surface area contributed by atoms with Gasteiger partial charge < -0.3 is 33.2 Å². The fourth-order valence-electron chi connectivity index (χ4n) is 8.91. The zero-order chi connectivity index (χ0) is 50.0. The summed E-state index contributed by atoms with van der Waals surface area (Å²) in [5.41, 5.74) is 0. The summed E-state index contributed by atoms with van der Waals surface area (Å²) in [4.78, 5) is 0. The van der Waals surface area contributed by atoms with Gasteiger partial charge in [-0.05, 0) is 38.5 Å². The number of hydrogen-bond donors (Lipinski definition) is 0. The molecular formula is C62H122O7. The van der Waals surface area contributed by atoms with Gasteiger partial charge in [0.25, 0.3) is 0 Å². The highest BCUT2D eigenvalue weighted by Crippen LogP contribution is 2.23. The van der Waals surface area contributed by atoms with E-state index in [0.29, 0.717) is 26.4 Å². The standard InChI is InChI=1S/C62H122O7/c1-7-13-19-25-27-29-31-33-35-37-43-49-59(66-51-45-39-21-15-9-3)61(68-53-47-41-23-17-11-5)55-63-57-65-58-64-56-62(69-54-48-42-24-18-12-6)60(67-52-46-40-22-16-10-4)50-44-38-36-34-32-30-28-26-20-14-8-2/h7-58H2,1-6H3. The number of allylic oxidation sites excluding steroid dienone is 2. The van der Waals surface area contributed by atoms with Gasteiger partial charge in [-0.1, -0.05) is 273 Å². The Bertz CT molecular complexity index is 964. The molecule has 0 aliphatic heterocycles. The maximum absolute atomic E-state index is 6.58. The van der Waals surface area contributed by atoms with Crippen molar-refractivity contribution in [1.29, 1.82) is 0 Å². The van der Waals surface area contributed by atoms with E-state index in [0.717, 1.165) is 87.6 Å². The summed E-state index contributed by atoms with van der Waals surface area (Å²) in [5.74, 6) is 3.69. The van der Waals surface area contributed by atoms with E-state index >= 15 is 0 Å². The van der Waals surface area contributed by atoms with E-state index in [2.05, 4.69) is 41.5 Å². The predicted molar refractivity (Wildman–Crippen MR) is 298 cm³/mol. The second kappa shape index (κ2) is 59.1. The Labute approximate surface area is 431 Å². The van der Waals surface area contributed by atoms with Crippen LogP contribution in [0.1, 0.15) is 324 Å². The van der Waals surface area contributed by atoms with Gasteiger partial charge in [-0.25, -0.2) is 0 Å². The zero-order valence-electron chi connectivity index (χ0n) is 47.6. The Morgan fingerprint density at radius 2 is 0.406 bits per heavy atom. The lowest BCUT2D eigenvalue weighted by Gasteiger charge is -2.19. The molecule has 0 aromatic heterocycles. The average Bonchev–Trinajstić information content (AvgIpc) is 3.36. The van der Waals surface area contributed by atoms with Crippen molar-refractivity contribution < 1.29 is 33.2 Å². The molecule has 0 aromatic carbocycles. The molecule has 0 fully saturated rings. The predicted octanol–water partition coefficient (Wildman–Crippen LogP) is 20.7. The van der Waals surface area contributed by atoms with Crippen molar-refractivity contribution in [2.75, 3.05) is 53.2 Å². The van der Waals surface area contributed by atoms with Crippen molar-refractivity contribution in [2.45, 2.75) is 324 Å². The molecule has 0 aromatic rings. The first-order valence-electron chi connectivity index (χ1n) is 30.9. The van der Waals surface area contributed by atoms with Gasteiger partial charge in [-0.2, -0.15) is 0 Å². The lowest BCUT2D eigenvalue weighted by atomic mass is 10.0. The van der Waals surface area contributed by atoms with E-state index in [4.69, 9.17) is 33.2 Å². The fraction of sp³-hybridized carbons (Fsp3) is 0.935. The molecule has 0 saturated carbocycles. The van der Waals surface area contributed by atoms with E-state index in [9.17, 15) is 0 Å². The average molecular weight is 980 g/mol. The van der Waals surface area contributed by atoms with Crippen molar-refractivity contribution >= 4 is 0 Å². The molecule has 0 radical (unpaired) electrons. The van der Waals surface area contributed by atoms with Gasteiger partial charge in [0.05, 0.1) is 26.4 Å². The Kier molecular flexibility index (Phi) is 57.9. The SMILES string of the molecule is CCCCCCCCCCCCCC(OCCCCCCC)=C(COCOCOCC(OCCCCCCC)=C(CCCCCCCCCCCCC)OCCCCCCC)OCCCCCCC. The first kappa shape index (κ1) is 67.6. The molecule has 0 aliphatic carbocycles. The van der Waals surface area contributed by atoms with Crippen LogP contribution in [0.3, 0.4) is 0 Å². The van der Waals surface area contributed by atoms with Crippen LogP contribution < -0.4 is 0 Å². The lowest BCUT2D eigenvalue weighted by Crippen LogP contribution is -2.14. The van der Waals surface area contributed by atoms with Crippen LogP contribution in [-0.2, 0) is 33.2 Å². The van der Waals surface area contributed by atoms with E-state index < -0.39 is 0 Å². The molecule has 0 aliphatic rings.